The number of aryl methyl sites for hydroxylation is 1. The third-order valence-corrected chi connectivity index (χ3v) is 6.93. The van der Waals surface area contributed by atoms with Gasteiger partial charge in [-0.15, -0.1) is 0 Å². The van der Waals surface area contributed by atoms with E-state index in [2.05, 4.69) is 34.6 Å². The van der Waals surface area contributed by atoms with Crippen LogP contribution in [-0.2, 0) is 11.4 Å². The molecule has 1 amide bonds. The highest BCUT2D eigenvalue weighted by molar-refractivity contribution is 8.18. The second-order valence-corrected chi connectivity index (χ2v) is 9.99. The summed E-state index contributed by atoms with van der Waals surface area (Å²) in [6.07, 6.45) is 1.78. The van der Waals surface area contributed by atoms with Crippen LogP contribution in [0, 0.1) is 6.92 Å². The third-order valence-electron chi connectivity index (χ3n) is 5.74. The lowest BCUT2D eigenvalue weighted by atomic mass is 10.1. The standard InChI is InChI=1S/C30H25ClN2O3S/c1-3-35-26-16-21(17-27-29(34)33-30(37-27)32-24-12-8-19(2)9-13-24)15-25(31)28(26)36-18-20-10-11-22-6-4-5-7-23(22)14-20/h4-17H,3,18H2,1-2H3,(H,32,33,34)/b27-17+. The number of rotatable bonds is 7. The van der Waals surface area contributed by atoms with E-state index >= 15 is 0 Å². The molecule has 5 rings (SSSR count). The van der Waals surface area contributed by atoms with Crippen LogP contribution in [0.3, 0.4) is 0 Å². The maximum Gasteiger partial charge on any atom is 0.264 e. The van der Waals surface area contributed by atoms with Gasteiger partial charge >= 0.3 is 0 Å². The first-order chi connectivity index (χ1) is 18.0. The second kappa shape index (κ2) is 11.1. The molecule has 0 bridgehead atoms. The van der Waals surface area contributed by atoms with E-state index in [4.69, 9.17) is 21.1 Å². The van der Waals surface area contributed by atoms with Crippen molar-refractivity contribution < 1.29 is 14.3 Å². The molecule has 0 spiro atoms. The lowest BCUT2D eigenvalue weighted by molar-refractivity contribution is -0.115. The summed E-state index contributed by atoms with van der Waals surface area (Å²) < 4.78 is 12.0. The Bertz CT molecular complexity index is 1530. The number of carbonyl (C=O) groups excluding carboxylic acids is 1. The summed E-state index contributed by atoms with van der Waals surface area (Å²) in [7, 11) is 0. The maximum absolute atomic E-state index is 12.6. The zero-order valence-corrected chi connectivity index (χ0v) is 22.0. The molecule has 1 heterocycles. The second-order valence-electron chi connectivity index (χ2n) is 8.55. The van der Waals surface area contributed by atoms with Crippen molar-refractivity contribution in [2.45, 2.75) is 20.5 Å². The first-order valence-electron chi connectivity index (χ1n) is 11.9. The van der Waals surface area contributed by atoms with Crippen LogP contribution in [0.5, 0.6) is 11.5 Å². The van der Waals surface area contributed by atoms with Gasteiger partial charge in [-0.1, -0.05) is 65.7 Å². The molecule has 0 aromatic heterocycles. The maximum atomic E-state index is 12.6. The highest BCUT2D eigenvalue weighted by Crippen LogP contribution is 2.39. The van der Waals surface area contributed by atoms with Gasteiger partial charge in [0.15, 0.2) is 16.7 Å². The van der Waals surface area contributed by atoms with Crippen molar-refractivity contribution >= 4 is 57.0 Å². The van der Waals surface area contributed by atoms with Gasteiger partial charge in [0.25, 0.3) is 5.91 Å². The van der Waals surface area contributed by atoms with Crippen molar-refractivity contribution in [2.24, 2.45) is 4.99 Å². The van der Waals surface area contributed by atoms with Gasteiger partial charge in [-0.2, -0.15) is 0 Å². The summed E-state index contributed by atoms with van der Waals surface area (Å²) in [4.78, 5) is 17.6. The first-order valence-corrected chi connectivity index (χ1v) is 13.1. The van der Waals surface area contributed by atoms with Gasteiger partial charge in [0, 0.05) is 0 Å². The number of amidine groups is 1. The summed E-state index contributed by atoms with van der Waals surface area (Å²) in [6, 6.07) is 25.8. The summed E-state index contributed by atoms with van der Waals surface area (Å²) in [5.74, 6) is 0.796. The zero-order chi connectivity index (χ0) is 25.8. The Kier molecular flexibility index (Phi) is 7.49. The number of hydrogen-bond donors (Lipinski definition) is 1. The highest BCUT2D eigenvalue weighted by atomic mass is 35.5. The van der Waals surface area contributed by atoms with Crippen LogP contribution in [0.1, 0.15) is 23.6 Å². The molecule has 186 valence electrons. The summed E-state index contributed by atoms with van der Waals surface area (Å²) in [5, 5.41) is 6.10. The lowest BCUT2D eigenvalue weighted by Gasteiger charge is -2.15. The van der Waals surface area contributed by atoms with Crippen LogP contribution in [0.2, 0.25) is 5.02 Å². The number of nitrogens with one attached hydrogen (secondary N) is 1. The van der Waals surface area contributed by atoms with E-state index in [-0.39, 0.29) is 5.91 Å². The minimum Gasteiger partial charge on any atom is -0.490 e. The molecule has 1 saturated heterocycles. The number of amides is 1. The minimum absolute atomic E-state index is 0.207. The summed E-state index contributed by atoms with van der Waals surface area (Å²) >= 11 is 7.92. The van der Waals surface area contributed by atoms with E-state index in [0.29, 0.717) is 39.8 Å². The number of aliphatic imine (C=N–C) groups is 1. The average Bonchev–Trinajstić information content (AvgIpc) is 3.23. The van der Waals surface area contributed by atoms with Crippen molar-refractivity contribution in [1.29, 1.82) is 0 Å². The molecule has 1 aliphatic rings. The van der Waals surface area contributed by atoms with Crippen molar-refractivity contribution in [2.75, 3.05) is 6.61 Å². The molecule has 4 aromatic rings. The fraction of sp³-hybridized carbons (Fsp3) is 0.133. The van der Waals surface area contributed by atoms with Crippen molar-refractivity contribution in [3.05, 3.63) is 105 Å². The smallest absolute Gasteiger partial charge is 0.264 e. The molecule has 5 nitrogen and oxygen atoms in total. The summed E-state index contributed by atoms with van der Waals surface area (Å²) in [6.45, 7) is 4.72. The number of thioether (sulfide) groups is 1. The van der Waals surface area contributed by atoms with Crippen LogP contribution < -0.4 is 14.8 Å². The Balaban J connectivity index is 1.36. The Labute approximate surface area is 225 Å². The van der Waals surface area contributed by atoms with Crippen LogP contribution >= 0.6 is 23.4 Å². The number of fused-ring (bicyclic) bond motifs is 1. The predicted octanol–water partition coefficient (Wildman–Crippen LogP) is 7.67. The first kappa shape index (κ1) is 24.9. The van der Waals surface area contributed by atoms with E-state index in [0.717, 1.165) is 27.8 Å². The van der Waals surface area contributed by atoms with E-state index in [1.807, 2.05) is 62.4 Å². The van der Waals surface area contributed by atoms with Crippen LogP contribution in [0.15, 0.2) is 88.8 Å². The van der Waals surface area contributed by atoms with Gasteiger partial charge in [0.1, 0.15) is 6.61 Å². The van der Waals surface area contributed by atoms with E-state index in [9.17, 15) is 4.79 Å². The zero-order valence-electron chi connectivity index (χ0n) is 20.5. The third kappa shape index (κ3) is 5.98. The molecular formula is C30H25ClN2O3S. The van der Waals surface area contributed by atoms with Gasteiger partial charge in [0.05, 0.1) is 22.2 Å². The Morgan fingerprint density at radius 1 is 0.973 bits per heavy atom. The number of ether oxygens (including phenoxy) is 2. The Morgan fingerprint density at radius 2 is 1.76 bits per heavy atom. The van der Waals surface area contributed by atoms with Gasteiger partial charge < -0.3 is 14.8 Å². The topological polar surface area (TPSA) is 59.9 Å². The highest BCUT2D eigenvalue weighted by Gasteiger charge is 2.24. The number of benzene rings is 4. The predicted molar refractivity (Wildman–Crippen MR) is 153 cm³/mol. The van der Waals surface area contributed by atoms with Crippen molar-refractivity contribution in [3.63, 3.8) is 0 Å². The summed E-state index contributed by atoms with van der Waals surface area (Å²) in [5.41, 5.74) is 3.70. The molecule has 1 fully saturated rings. The quantitative estimate of drug-likeness (QED) is 0.250. The molecular weight excluding hydrogens is 504 g/mol. The van der Waals surface area contributed by atoms with Crippen molar-refractivity contribution in [1.82, 2.24) is 5.32 Å². The number of carbonyl (C=O) groups is 1. The van der Waals surface area contributed by atoms with E-state index in [1.165, 1.54) is 17.1 Å². The molecule has 4 aromatic carbocycles. The number of hydrogen-bond acceptors (Lipinski definition) is 5. The van der Waals surface area contributed by atoms with Gasteiger partial charge in [0.2, 0.25) is 0 Å². The molecule has 1 N–H and O–H groups in total. The molecule has 37 heavy (non-hydrogen) atoms. The average molecular weight is 529 g/mol. The SMILES string of the molecule is CCOc1cc(/C=C2/SC(=Nc3ccc(C)cc3)NC2=O)cc(Cl)c1OCc1ccc2ccccc2c1. The Morgan fingerprint density at radius 3 is 2.54 bits per heavy atom. The largest absolute Gasteiger partial charge is 0.490 e. The fourth-order valence-electron chi connectivity index (χ4n) is 3.93. The molecule has 1 aliphatic heterocycles. The molecule has 0 saturated carbocycles. The van der Waals surface area contributed by atoms with E-state index in [1.54, 1.807) is 12.1 Å². The number of halogens is 1. The van der Waals surface area contributed by atoms with E-state index < -0.39 is 0 Å². The normalized spacial score (nSPS) is 15.4. The monoisotopic (exact) mass is 528 g/mol. The minimum atomic E-state index is -0.207. The van der Waals surface area contributed by atoms with Crippen molar-refractivity contribution in [3.8, 4) is 11.5 Å². The van der Waals surface area contributed by atoms with Crippen LogP contribution in [0.4, 0.5) is 5.69 Å². The molecule has 0 radical (unpaired) electrons. The Hall–Kier alpha value is -3.74. The van der Waals surface area contributed by atoms with Crippen LogP contribution in [0.25, 0.3) is 16.8 Å². The van der Waals surface area contributed by atoms with Gasteiger partial charge in [-0.3, -0.25) is 4.79 Å². The molecule has 0 unspecified atom stereocenters. The fourth-order valence-corrected chi connectivity index (χ4v) is 5.04. The number of nitrogens with zero attached hydrogens (tertiary/aromatic N) is 1. The van der Waals surface area contributed by atoms with Gasteiger partial charge in [-0.05, 0) is 83.9 Å². The lowest BCUT2D eigenvalue weighted by Crippen LogP contribution is -2.19. The molecule has 7 heteroatoms. The molecule has 0 aliphatic carbocycles. The van der Waals surface area contributed by atoms with Gasteiger partial charge in [-0.25, -0.2) is 4.99 Å². The molecule has 0 atom stereocenters. The van der Waals surface area contributed by atoms with Crippen LogP contribution in [-0.4, -0.2) is 17.7 Å².